The summed E-state index contributed by atoms with van der Waals surface area (Å²) in [6, 6.07) is 19.0. The minimum Gasteiger partial charge on any atom is -0.344 e. The van der Waals surface area contributed by atoms with Crippen LogP contribution in [0, 0.1) is 12.8 Å². The molecule has 1 saturated carbocycles. The molecule has 1 unspecified atom stereocenters. The SMILES string of the molecule is Cc1ccccc1-n1nc(C(C)(C)C)cc1NC(=O)C(Cc1ccccc1)NC(=O)C1CCCC1. The van der Waals surface area contributed by atoms with Crippen LogP contribution in [-0.4, -0.2) is 27.6 Å². The third-order valence-electron chi connectivity index (χ3n) is 6.71. The van der Waals surface area contributed by atoms with Gasteiger partial charge in [-0.15, -0.1) is 0 Å². The number of carbonyl (C=O) groups excluding carboxylic acids is 2. The Morgan fingerprint density at radius 2 is 1.69 bits per heavy atom. The minimum absolute atomic E-state index is 0.00828. The molecule has 2 amide bonds. The van der Waals surface area contributed by atoms with Crippen LogP contribution in [0.5, 0.6) is 0 Å². The molecule has 1 aliphatic rings. The van der Waals surface area contributed by atoms with Gasteiger partial charge in [0.2, 0.25) is 11.8 Å². The summed E-state index contributed by atoms with van der Waals surface area (Å²) in [7, 11) is 0. The fraction of sp³-hybridized carbons (Fsp3) is 0.414. The molecule has 0 spiro atoms. The Hall–Kier alpha value is -3.41. The van der Waals surface area contributed by atoms with E-state index in [9.17, 15) is 9.59 Å². The van der Waals surface area contributed by atoms with E-state index in [1.807, 2.05) is 67.6 Å². The minimum atomic E-state index is -0.677. The number of hydrogen-bond donors (Lipinski definition) is 2. The molecular formula is C29H36N4O2. The molecule has 1 fully saturated rings. The summed E-state index contributed by atoms with van der Waals surface area (Å²) in [5.41, 5.74) is 3.66. The number of nitrogens with zero attached hydrogens (tertiary/aromatic N) is 2. The van der Waals surface area contributed by atoms with Crippen molar-refractivity contribution in [3.05, 3.63) is 77.5 Å². The number of carbonyl (C=O) groups is 2. The number of amides is 2. The van der Waals surface area contributed by atoms with Crippen molar-refractivity contribution in [2.45, 2.75) is 71.3 Å². The fourth-order valence-corrected chi connectivity index (χ4v) is 4.57. The van der Waals surface area contributed by atoms with Crippen LogP contribution in [0.2, 0.25) is 0 Å². The number of hydrogen-bond acceptors (Lipinski definition) is 3. The number of benzene rings is 2. The van der Waals surface area contributed by atoms with Gasteiger partial charge in [0.25, 0.3) is 0 Å². The van der Waals surface area contributed by atoms with Crippen LogP contribution < -0.4 is 10.6 Å². The van der Waals surface area contributed by atoms with E-state index in [1.54, 1.807) is 4.68 Å². The number of rotatable bonds is 7. The van der Waals surface area contributed by atoms with Crippen molar-refractivity contribution >= 4 is 17.6 Å². The van der Waals surface area contributed by atoms with Gasteiger partial charge in [-0.2, -0.15) is 5.10 Å². The van der Waals surface area contributed by atoms with Crippen LogP contribution in [0.4, 0.5) is 5.82 Å². The molecule has 1 aliphatic carbocycles. The second kappa shape index (κ2) is 10.5. The lowest BCUT2D eigenvalue weighted by atomic mass is 9.92. The summed E-state index contributed by atoms with van der Waals surface area (Å²) < 4.78 is 1.80. The molecule has 0 aliphatic heterocycles. The largest absolute Gasteiger partial charge is 0.344 e. The average molecular weight is 473 g/mol. The third kappa shape index (κ3) is 5.99. The number of aryl methyl sites for hydroxylation is 1. The van der Waals surface area contributed by atoms with Gasteiger partial charge in [0, 0.05) is 23.8 Å². The van der Waals surface area contributed by atoms with Crippen LogP contribution in [0.3, 0.4) is 0 Å². The molecule has 184 valence electrons. The molecule has 35 heavy (non-hydrogen) atoms. The highest BCUT2D eigenvalue weighted by molar-refractivity contribution is 5.97. The van der Waals surface area contributed by atoms with Crippen molar-refractivity contribution < 1.29 is 9.59 Å². The van der Waals surface area contributed by atoms with E-state index in [2.05, 4.69) is 31.4 Å². The van der Waals surface area contributed by atoms with Gasteiger partial charge in [-0.1, -0.05) is 82.1 Å². The Morgan fingerprint density at radius 3 is 2.34 bits per heavy atom. The Bertz CT molecular complexity index is 1170. The van der Waals surface area contributed by atoms with E-state index in [0.29, 0.717) is 12.2 Å². The van der Waals surface area contributed by atoms with Crippen molar-refractivity contribution in [2.24, 2.45) is 5.92 Å². The van der Waals surface area contributed by atoms with Crippen LogP contribution >= 0.6 is 0 Å². The lowest BCUT2D eigenvalue weighted by Gasteiger charge is -2.21. The van der Waals surface area contributed by atoms with Crippen molar-refractivity contribution in [3.63, 3.8) is 0 Å². The molecule has 1 aromatic heterocycles. The van der Waals surface area contributed by atoms with E-state index in [0.717, 1.165) is 48.2 Å². The Morgan fingerprint density at radius 1 is 1.03 bits per heavy atom. The summed E-state index contributed by atoms with van der Waals surface area (Å²) in [6.45, 7) is 8.33. The van der Waals surface area contributed by atoms with Gasteiger partial charge >= 0.3 is 0 Å². The number of anilines is 1. The first-order chi connectivity index (χ1) is 16.7. The summed E-state index contributed by atoms with van der Waals surface area (Å²) in [6.07, 6.45) is 4.34. The van der Waals surface area contributed by atoms with E-state index < -0.39 is 6.04 Å². The highest BCUT2D eigenvalue weighted by Gasteiger charge is 2.29. The molecular weight excluding hydrogens is 436 g/mol. The zero-order valence-electron chi connectivity index (χ0n) is 21.2. The fourth-order valence-electron chi connectivity index (χ4n) is 4.57. The molecule has 4 rings (SSSR count). The Balaban J connectivity index is 1.63. The summed E-state index contributed by atoms with van der Waals surface area (Å²) >= 11 is 0. The van der Waals surface area contributed by atoms with E-state index in [-0.39, 0.29) is 23.1 Å². The molecule has 0 saturated heterocycles. The smallest absolute Gasteiger partial charge is 0.248 e. The maximum atomic E-state index is 13.6. The van der Waals surface area contributed by atoms with Gasteiger partial charge in [-0.25, -0.2) is 4.68 Å². The average Bonchev–Trinajstić information content (AvgIpc) is 3.50. The molecule has 2 aromatic carbocycles. The predicted molar refractivity (Wildman–Crippen MR) is 140 cm³/mol. The lowest BCUT2D eigenvalue weighted by Crippen LogP contribution is -2.47. The summed E-state index contributed by atoms with van der Waals surface area (Å²) in [5.74, 6) is 0.324. The molecule has 1 atom stereocenters. The quantitative estimate of drug-likeness (QED) is 0.488. The Kier molecular flexibility index (Phi) is 7.39. The molecule has 3 aromatic rings. The zero-order valence-corrected chi connectivity index (χ0v) is 21.2. The normalized spacial score (nSPS) is 15.1. The van der Waals surface area contributed by atoms with Crippen molar-refractivity contribution in [1.29, 1.82) is 0 Å². The molecule has 2 N–H and O–H groups in total. The van der Waals surface area contributed by atoms with Gasteiger partial charge < -0.3 is 10.6 Å². The predicted octanol–water partition coefficient (Wildman–Crippen LogP) is 5.33. The van der Waals surface area contributed by atoms with Crippen molar-refractivity contribution in [2.75, 3.05) is 5.32 Å². The van der Waals surface area contributed by atoms with Crippen LogP contribution in [-0.2, 0) is 21.4 Å². The van der Waals surface area contributed by atoms with Crippen LogP contribution in [0.25, 0.3) is 5.69 Å². The molecule has 0 bridgehead atoms. The van der Waals surface area contributed by atoms with Gasteiger partial charge in [0.05, 0.1) is 11.4 Å². The summed E-state index contributed by atoms with van der Waals surface area (Å²) in [4.78, 5) is 26.6. The van der Waals surface area contributed by atoms with Crippen molar-refractivity contribution in [1.82, 2.24) is 15.1 Å². The van der Waals surface area contributed by atoms with Gasteiger partial charge in [0.1, 0.15) is 11.9 Å². The van der Waals surface area contributed by atoms with Crippen LogP contribution in [0.1, 0.15) is 63.3 Å². The number of nitrogens with one attached hydrogen (secondary N) is 2. The maximum absolute atomic E-state index is 13.6. The zero-order chi connectivity index (χ0) is 25.0. The second-order valence-corrected chi connectivity index (χ2v) is 10.6. The van der Waals surface area contributed by atoms with E-state index in [1.165, 1.54) is 0 Å². The van der Waals surface area contributed by atoms with E-state index >= 15 is 0 Å². The van der Waals surface area contributed by atoms with Crippen LogP contribution in [0.15, 0.2) is 60.7 Å². The standard InChI is InChI=1S/C29H36N4O2/c1-20-12-8-11-17-24(20)33-26(19-25(32-33)29(2,3)4)31-28(35)23(18-21-13-6-5-7-14-21)30-27(34)22-15-9-10-16-22/h5-8,11-14,17,19,22-23H,9-10,15-16,18H2,1-4H3,(H,30,34)(H,31,35). The number of para-hydroxylation sites is 1. The highest BCUT2D eigenvalue weighted by atomic mass is 16.2. The lowest BCUT2D eigenvalue weighted by molar-refractivity contribution is -0.129. The monoisotopic (exact) mass is 472 g/mol. The first-order valence-electron chi connectivity index (χ1n) is 12.5. The maximum Gasteiger partial charge on any atom is 0.248 e. The topological polar surface area (TPSA) is 76.0 Å². The number of aromatic nitrogens is 2. The molecule has 6 nitrogen and oxygen atoms in total. The van der Waals surface area contributed by atoms with Gasteiger partial charge in [-0.3, -0.25) is 9.59 Å². The molecule has 6 heteroatoms. The van der Waals surface area contributed by atoms with Gasteiger partial charge in [-0.05, 0) is 37.0 Å². The molecule has 1 heterocycles. The van der Waals surface area contributed by atoms with Crippen molar-refractivity contribution in [3.8, 4) is 5.69 Å². The first-order valence-corrected chi connectivity index (χ1v) is 12.5. The second-order valence-electron chi connectivity index (χ2n) is 10.6. The van der Waals surface area contributed by atoms with E-state index in [4.69, 9.17) is 5.10 Å². The first kappa shape index (κ1) is 24.7. The highest BCUT2D eigenvalue weighted by Crippen LogP contribution is 2.28. The summed E-state index contributed by atoms with van der Waals surface area (Å²) in [5, 5.41) is 11.0. The molecule has 0 radical (unpaired) electrons. The third-order valence-corrected chi connectivity index (χ3v) is 6.71. The van der Waals surface area contributed by atoms with Gasteiger partial charge in [0.15, 0.2) is 0 Å². The Labute approximate surface area is 208 Å².